The summed E-state index contributed by atoms with van der Waals surface area (Å²) >= 11 is 10.5. The van der Waals surface area contributed by atoms with E-state index >= 15 is 0 Å². The molecular formula is C13H14N4OS2. The van der Waals surface area contributed by atoms with Crippen molar-refractivity contribution in [2.75, 3.05) is 6.67 Å². The van der Waals surface area contributed by atoms with Crippen LogP contribution in [0.15, 0.2) is 49.1 Å². The molecule has 0 aliphatic carbocycles. The summed E-state index contributed by atoms with van der Waals surface area (Å²) in [5.74, 6) is 0. The van der Waals surface area contributed by atoms with Crippen molar-refractivity contribution < 1.29 is 5.48 Å². The van der Waals surface area contributed by atoms with E-state index in [1.54, 1.807) is 24.8 Å². The predicted molar refractivity (Wildman–Crippen MR) is 86.6 cm³/mol. The predicted octanol–water partition coefficient (Wildman–Crippen LogP) is 0.840. The summed E-state index contributed by atoms with van der Waals surface area (Å²) in [5, 5.41) is 6.18. The van der Waals surface area contributed by atoms with Crippen molar-refractivity contribution in [2.24, 2.45) is 0 Å². The lowest BCUT2D eigenvalue weighted by Gasteiger charge is -2.11. The van der Waals surface area contributed by atoms with Crippen LogP contribution in [-0.4, -0.2) is 32.1 Å². The topological polar surface area (TPSA) is 81.3 Å². The van der Waals surface area contributed by atoms with Gasteiger partial charge in [-0.1, -0.05) is 24.4 Å². The summed E-state index contributed by atoms with van der Waals surface area (Å²) in [6, 6.07) is 7.43. The van der Waals surface area contributed by atoms with Crippen LogP contribution in [0.5, 0.6) is 0 Å². The molecular weight excluding hydrogens is 292 g/mol. The molecule has 7 heteroatoms. The largest absolute Gasteiger partial charge is 0.412 e. The zero-order valence-electron chi connectivity index (χ0n) is 10.5. The second-order valence-corrected chi connectivity index (χ2v) is 4.48. The van der Waals surface area contributed by atoms with Gasteiger partial charge in [0, 0.05) is 35.9 Å². The molecule has 2 rings (SSSR count). The second kappa shape index (κ2) is 8.26. The van der Waals surface area contributed by atoms with E-state index in [9.17, 15) is 0 Å². The summed E-state index contributed by atoms with van der Waals surface area (Å²) < 4.78 is 0. The molecule has 0 fully saturated rings. The van der Waals surface area contributed by atoms with Gasteiger partial charge in [0.1, 0.15) is 9.98 Å². The summed E-state index contributed by atoms with van der Waals surface area (Å²) in [6.45, 7) is 0.475. The van der Waals surface area contributed by atoms with Gasteiger partial charge in [-0.2, -0.15) is 0 Å². The van der Waals surface area contributed by atoms with Crippen LogP contribution in [0.3, 0.4) is 0 Å². The van der Waals surface area contributed by atoms with Gasteiger partial charge in [0.15, 0.2) is 0 Å². The lowest BCUT2D eigenvalue weighted by molar-refractivity contribution is 0.824. The van der Waals surface area contributed by atoms with Crippen LogP contribution in [0, 0.1) is 0 Å². The van der Waals surface area contributed by atoms with Crippen LogP contribution in [0.1, 0.15) is 11.1 Å². The molecule has 4 N–H and O–H groups in total. The Labute approximate surface area is 127 Å². The molecule has 0 aromatic carbocycles. The van der Waals surface area contributed by atoms with E-state index in [0.29, 0.717) is 16.6 Å². The van der Waals surface area contributed by atoms with E-state index in [1.807, 2.05) is 24.3 Å². The van der Waals surface area contributed by atoms with Gasteiger partial charge in [-0.25, -0.2) is 0 Å². The summed E-state index contributed by atoms with van der Waals surface area (Å²) in [4.78, 5) is 9.21. The number of thiocarbonyl (C=S) groups is 2. The molecule has 0 aliphatic heterocycles. The Hall–Kier alpha value is -1.96. The normalized spacial score (nSPS) is 9.20. The molecule has 0 amide bonds. The van der Waals surface area contributed by atoms with Crippen molar-refractivity contribution in [2.45, 2.75) is 0 Å². The lowest BCUT2D eigenvalue weighted by Crippen LogP contribution is -2.36. The number of nitrogens with one attached hydrogen (secondary N) is 2. The number of hydrogen-bond acceptors (Lipinski definition) is 4. The molecule has 0 aliphatic rings. The second-order valence-electron chi connectivity index (χ2n) is 3.66. The standard InChI is InChI=1S/C13H12N4S2.H2O/c18-12(10-1-5-14-6-2-10)16-9-17-13(19)11-3-7-15-8-4-11;/h1-8H,9H2,(H,16,18)(H,17,19);1H2. The molecule has 0 spiro atoms. The maximum absolute atomic E-state index is 5.26. The van der Waals surface area contributed by atoms with Crippen LogP contribution < -0.4 is 10.6 Å². The molecule has 20 heavy (non-hydrogen) atoms. The zero-order valence-corrected chi connectivity index (χ0v) is 12.2. The van der Waals surface area contributed by atoms with Crippen LogP contribution in [0.2, 0.25) is 0 Å². The van der Waals surface area contributed by atoms with Crippen molar-refractivity contribution in [1.29, 1.82) is 0 Å². The third-order valence-electron chi connectivity index (χ3n) is 2.38. The highest BCUT2D eigenvalue weighted by Crippen LogP contribution is 1.98. The minimum Gasteiger partial charge on any atom is -0.412 e. The molecule has 0 saturated heterocycles. The Bertz CT molecular complexity index is 512. The zero-order chi connectivity index (χ0) is 13.5. The number of rotatable bonds is 4. The number of nitrogens with zero attached hydrogens (tertiary/aromatic N) is 2. The van der Waals surface area contributed by atoms with Crippen LogP contribution in [0.25, 0.3) is 0 Å². The molecule has 5 nitrogen and oxygen atoms in total. The first kappa shape index (κ1) is 16.1. The van der Waals surface area contributed by atoms with Gasteiger partial charge in [0.05, 0.1) is 6.67 Å². The molecule has 2 aromatic heterocycles. The van der Waals surface area contributed by atoms with Crippen molar-refractivity contribution in [3.05, 3.63) is 60.2 Å². The lowest BCUT2D eigenvalue weighted by atomic mass is 10.2. The van der Waals surface area contributed by atoms with Crippen molar-refractivity contribution in [3.8, 4) is 0 Å². The van der Waals surface area contributed by atoms with E-state index in [2.05, 4.69) is 20.6 Å². The van der Waals surface area contributed by atoms with Gasteiger partial charge >= 0.3 is 0 Å². The highest BCUT2D eigenvalue weighted by atomic mass is 32.1. The first-order chi connectivity index (χ1) is 9.27. The Kier molecular flexibility index (Phi) is 6.65. The molecule has 2 heterocycles. The first-order valence-electron chi connectivity index (χ1n) is 5.64. The van der Waals surface area contributed by atoms with Crippen LogP contribution in [-0.2, 0) is 0 Å². The summed E-state index contributed by atoms with van der Waals surface area (Å²) in [6.07, 6.45) is 6.83. The average Bonchev–Trinajstić information content (AvgIpc) is 2.49. The number of hydrogen-bond donors (Lipinski definition) is 2. The molecule has 0 saturated carbocycles. The summed E-state index contributed by atoms with van der Waals surface area (Å²) in [5.41, 5.74) is 1.86. The maximum atomic E-state index is 5.26. The van der Waals surface area contributed by atoms with Gasteiger partial charge in [0.2, 0.25) is 0 Å². The van der Waals surface area contributed by atoms with Crippen molar-refractivity contribution in [3.63, 3.8) is 0 Å². The smallest absolute Gasteiger partial charge is 0.108 e. The van der Waals surface area contributed by atoms with Gasteiger partial charge in [-0.05, 0) is 24.3 Å². The highest BCUT2D eigenvalue weighted by molar-refractivity contribution is 7.81. The number of aromatic nitrogens is 2. The van der Waals surface area contributed by atoms with Crippen molar-refractivity contribution >= 4 is 34.4 Å². The average molecular weight is 306 g/mol. The Morgan fingerprint density at radius 1 is 0.800 bits per heavy atom. The SMILES string of the molecule is O.S=C(NCNC(=S)c1ccncc1)c1ccncc1. The van der Waals surface area contributed by atoms with Gasteiger partial charge in [-0.3, -0.25) is 9.97 Å². The fourth-order valence-electron chi connectivity index (χ4n) is 1.42. The molecule has 0 unspecified atom stereocenters. The molecule has 104 valence electrons. The Morgan fingerprint density at radius 3 is 1.50 bits per heavy atom. The van der Waals surface area contributed by atoms with Gasteiger partial charge in [0.25, 0.3) is 0 Å². The van der Waals surface area contributed by atoms with E-state index in [1.165, 1.54) is 0 Å². The quantitative estimate of drug-likeness (QED) is 0.643. The third-order valence-corrected chi connectivity index (χ3v) is 3.14. The maximum Gasteiger partial charge on any atom is 0.108 e. The number of pyridine rings is 2. The molecule has 2 aromatic rings. The van der Waals surface area contributed by atoms with Crippen LogP contribution in [0.4, 0.5) is 0 Å². The third kappa shape index (κ3) is 4.61. The minimum absolute atomic E-state index is 0. The first-order valence-corrected chi connectivity index (χ1v) is 6.45. The van der Waals surface area contributed by atoms with Crippen LogP contribution >= 0.6 is 24.4 Å². The Balaban J connectivity index is 0.00000200. The molecule has 0 atom stereocenters. The molecule has 0 bridgehead atoms. The van der Waals surface area contributed by atoms with E-state index in [-0.39, 0.29) is 5.48 Å². The monoisotopic (exact) mass is 306 g/mol. The van der Waals surface area contributed by atoms with Gasteiger partial charge in [-0.15, -0.1) is 0 Å². The fraction of sp³-hybridized carbons (Fsp3) is 0.0769. The van der Waals surface area contributed by atoms with Gasteiger partial charge < -0.3 is 16.1 Å². The summed E-state index contributed by atoms with van der Waals surface area (Å²) in [7, 11) is 0. The minimum atomic E-state index is 0. The van der Waals surface area contributed by atoms with E-state index in [4.69, 9.17) is 24.4 Å². The van der Waals surface area contributed by atoms with Crippen molar-refractivity contribution in [1.82, 2.24) is 20.6 Å². The van der Waals surface area contributed by atoms with E-state index < -0.39 is 0 Å². The highest BCUT2D eigenvalue weighted by Gasteiger charge is 2.01. The fourth-order valence-corrected chi connectivity index (χ4v) is 1.83. The molecule has 0 radical (unpaired) electrons. The Morgan fingerprint density at radius 2 is 1.15 bits per heavy atom. The van der Waals surface area contributed by atoms with E-state index in [0.717, 1.165) is 11.1 Å².